The van der Waals surface area contributed by atoms with Crippen LogP contribution in [0.3, 0.4) is 0 Å². The Morgan fingerprint density at radius 3 is 2.79 bits per heavy atom. The Morgan fingerprint density at radius 2 is 2.16 bits per heavy atom. The van der Waals surface area contributed by atoms with Crippen molar-refractivity contribution in [2.75, 3.05) is 5.32 Å². The van der Waals surface area contributed by atoms with E-state index < -0.39 is 0 Å². The van der Waals surface area contributed by atoms with Gasteiger partial charge in [-0.15, -0.1) is 0 Å². The largest absolute Gasteiger partial charge is 0.420 e. The molecule has 1 aliphatic carbocycles. The Hall–Kier alpha value is -2.04. The van der Waals surface area contributed by atoms with E-state index in [1.807, 2.05) is 19.9 Å². The Kier molecular flexibility index (Phi) is 2.69. The van der Waals surface area contributed by atoms with Gasteiger partial charge in [-0.25, -0.2) is 4.79 Å². The quantitative estimate of drug-likeness (QED) is 0.922. The minimum atomic E-state index is -0.365. The molecule has 0 aliphatic heterocycles. The summed E-state index contributed by atoms with van der Waals surface area (Å²) in [5.41, 5.74) is 1.94. The maximum Gasteiger partial charge on any atom is 0.420 e. The highest BCUT2D eigenvalue weighted by Crippen LogP contribution is 2.30. The first-order chi connectivity index (χ1) is 9.06. The highest BCUT2D eigenvalue weighted by atomic mass is 16.4. The number of rotatable bonds is 3. The molecule has 1 saturated carbocycles. The smallest absolute Gasteiger partial charge is 0.408 e. The van der Waals surface area contributed by atoms with Crippen LogP contribution in [0.4, 0.5) is 5.69 Å². The minimum absolute atomic E-state index is 0.0423. The zero-order chi connectivity index (χ0) is 13.6. The van der Waals surface area contributed by atoms with Crippen molar-refractivity contribution in [2.45, 2.75) is 32.7 Å². The van der Waals surface area contributed by atoms with Crippen molar-refractivity contribution < 1.29 is 9.21 Å². The van der Waals surface area contributed by atoms with Crippen LogP contribution in [0.1, 0.15) is 32.7 Å². The fourth-order valence-corrected chi connectivity index (χ4v) is 2.19. The van der Waals surface area contributed by atoms with Crippen molar-refractivity contribution in [3.63, 3.8) is 0 Å². The predicted molar refractivity (Wildman–Crippen MR) is 72.2 cm³/mol. The molecule has 5 heteroatoms. The predicted octanol–water partition coefficient (Wildman–Crippen LogP) is 2.52. The number of anilines is 1. The summed E-state index contributed by atoms with van der Waals surface area (Å²) >= 11 is 0. The molecule has 1 fully saturated rings. The average molecular weight is 260 g/mol. The van der Waals surface area contributed by atoms with Gasteiger partial charge in [-0.05, 0) is 38.8 Å². The molecule has 0 saturated heterocycles. The molecule has 3 rings (SSSR count). The van der Waals surface area contributed by atoms with Gasteiger partial charge in [-0.2, -0.15) is 0 Å². The molecule has 2 aromatic rings. The number of benzene rings is 1. The van der Waals surface area contributed by atoms with Crippen molar-refractivity contribution in [2.24, 2.45) is 5.92 Å². The highest BCUT2D eigenvalue weighted by Gasteiger charge is 2.29. The van der Waals surface area contributed by atoms with Crippen LogP contribution in [0.15, 0.2) is 27.4 Å². The maximum absolute atomic E-state index is 11.7. The van der Waals surface area contributed by atoms with Crippen LogP contribution in [0, 0.1) is 5.92 Å². The maximum atomic E-state index is 11.7. The minimum Gasteiger partial charge on any atom is -0.408 e. The molecule has 1 amide bonds. The second-order valence-electron chi connectivity index (χ2n) is 5.28. The third kappa shape index (κ3) is 2.16. The van der Waals surface area contributed by atoms with Gasteiger partial charge in [0.1, 0.15) is 0 Å². The van der Waals surface area contributed by atoms with Crippen molar-refractivity contribution in [1.82, 2.24) is 4.57 Å². The van der Waals surface area contributed by atoms with E-state index in [1.54, 1.807) is 16.7 Å². The van der Waals surface area contributed by atoms with Crippen molar-refractivity contribution in [1.29, 1.82) is 0 Å². The van der Waals surface area contributed by atoms with Crippen LogP contribution >= 0.6 is 0 Å². The molecule has 19 heavy (non-hydrogen) atoms. The molecular formula is C14H16N2O3. The zero-order valence-electron chi connectivity index (χ0n) is 11.0. The number of hydrogen-bond acceptors (Lipinski definition) is 3. The van der Waals surface area contributed by atoms with E-state index in [4.69, 9.17) is 4.42 Å². The SMILES string of the molecule is CC(C)n1c(=O)oc2cc(NC(=O)C3CC3)ccc21. The van der Waals surface area contributed by atoms with E-state index in [0.29, 0.717) is 11.3 Å². The number of nitrogens with zero attached hydrogens (tertiary/aromatic N) is 1. The number of nitrogens with one attached hydrogen (secondary N) is 1. The molecule has 0 atom stereocenters. The molecule has 0 bridgehead atoms. The van der Waals surface area contributed by atoms with Gasteiger partial charge in [-0.3, -0.25) is 9.36 Å². The first kappa shape index (κ1) is 12.0. The normalized spacial score (nSPS) is 15.1. The molecule has 100 valence electrons. The van der Waals surface area contributed by atoms with Gasteiger partial charge in [0.05, 0.1) is 5.52 Å². The molecule has 0 spiro atoms. The summed E-state index contributed by atoms with van der Waals surface area (Å²) in [6, 6.07) is 5.36. The van der Waals surface area contributed by atoms with Crippen LogP contribution in [0.5, 0.6) is 0 Å². The molecule has 0 radical (unpaired) electrons. The van der Waals surface area contributed by atoms with Crippen molar-refractivity contribution >= 4 is 22.7 Å². The number of fused-ring (bicyclic) bond motifs is 1. The molecule has 1 aromatic heterocycles. The molecule has 0 unspecified atom stereocenters. The Morgan fingerprint density at radius 1 is 1.42 bits per heavy atom. The van der Waals surface area contributed by atoms with E-state index in [0.717, 1.165) is 18.4 Å². The highest BCUT2D eigenvalue weighted by molar-refractivity contribution is 5.95. The molecule has 1 aliphatic rings. The van der Waals surface area contributed by atoms with Gasteiger partial charge in [0, 0.05) is 23.7 Å². The third-order valence-electron chi connectivity index (χ3n) is 3.35. The van der Waals surface area contributed by atoms with Gasteiger partial charge < -0.3 is 9.73 Å². The van der Waals surface area contributed by atoms with E-state index in [9.17, 15) is 9.59 Å². The summed E-state index contributed by atoms with van der Waals surface area (Å²) < 4.78 is 6.81. The lowest BCUT2D eigenvalue weighted by atomic mass is 10.2. The number of carbonyl (C=O) groups is 1. The number of amides is 1. The third-order valence-corrected chi connectivity index (χ3v) is 3.35. The van der Waals surface area contributed by atoms with Crippen molar-refractivity contribution in [3.05, 3.63) is 28.7 Å². The van der Waals surface area contributed by atoms with E-state index >= 15 is 0 Å². The van der Waals surface area contributed by atoms with Crippen LogP contribution < -0.4 is 11.1 Å². The van der Waals surface area contributed by atoms with E-state index in [1.165, 1.54) is 0 Å². The second kappa shape index (κ2) is 4.26. The van der Waals surface area contributed by atoms with Gasteiger partial charge in [0.15, 0.2) is 5.58 Å². The lowest BCUT2D eigenvalue weighted by Gasteiger charge is -2.06. The fraction of sp³-hybridized carbons (Fsp3) is 0.429. The van der Waals surface area contributed by atoms with E-state index in [-0.39, 0.29) is 23.6 Å². The fourth-order valence-electron chi connectivity index (χ4n) is 2.19. The molecule has 1 N–H and O–H groups in total. The van der Waals surface area contributed by atoms with Gasteiger partial charge in [0.2, 0.25) is 5.91 Å². The first-order valence-corrected chi connectivity index (χ1v) is 6.52. The molecule has 1 heterocycles. The van der Waals surface area contributed by atoms with Gasteiger partial charge in [0.25, 0.3) is 0 Å². The van der Waals surface area contributed by atoms with Gasteiger partial charge in [-0.1, -0.05) is 0 Å². The Labute approximate surface area is 110 Å². The number of oxazole rings is 1. The number of hydrogen-bond donors (Lipinski definition) is 1. The summed E-state index contributed by atoms with van der Waals surface area (Å²) in [5.74, 6) is -0.163. The summed E-state index contributed by atoms with van der Waals surface area (Å²) in [6.45, 7) is 3.86. The molecular weight excluding hydrogens is 244 g/mol. The van der Waals surface area contributed by atoms with Crippen LogP contribution in [0.2, 0.25) is 0 Å². The van der Waals surface area contributed by atoms with Gasteiger partial charge >= 0.3 is 5.76 Å². The van der Waals surface area contributed by atoms with E-state index in [2.05, 4.69) is 5.32 Å². The summed E-state index contributed by atoms with van der Waals surface area (Å²) in [4.78, 5) is 23.4. The zero-order valence-corrected chi connectivity index (χ0v) is 11.0. The lowest BCUT2D eigenvalue weighted by molar-refractivity contribution is -0.117. The number of carbonyl (C=O) groups excluding carboxylic acids is 1. The lowest BCUT2D eigenvalue weighted by Crippen LogP contribution is -2.16. The standard InChI is InChI=1S/C14H16N2O3/c1-8(2)16-11-6-5-10(7-12(11)19-14(16)18)15-13(17)9-3-4-9/h5-9H,3-4H2,1-2H3,(H,15,17). The summed E-state index contributed by atoms with van der Waals surface area (Å²) in [6.07, 6.45) is 1.93. The summed E-state index contributed by atoms with van der Waals surface area (Å²) in [7, 11) is 0. The Balaban J connectivity index is 1.97. The molecule has 1 aromatic carbocycles. The number of aromatic nitrogens is 1. The van der Waals surface area contributed by atoms with Crippen molar-refractivity contribution in [3.8, 4) is 0 Å². The van der Waals surface area contributed by atoms with Crippen LogP contribution in [-0.4, -0.2) is 10.5 Å². The topological polar surface area (TPSA) is 64.2 Å². The molecule has 5 nitrogen and oxygen atoms in total. The monoisotopic (exact) mass is 260 g/mol. The van der Waals surface area contributed by atoms with Crippen LogP contribution in [-0.2, 0) is 4.79 Å². The Bertz CT molecular complexity index is 692. The summed E-state index contributed by atoms with van der Waals surface area (Å²) in [5, 5.41) is 2.84. The average Bonchev–Trinajstić information content (AvgIpc) is 3.11. The second-order valence-corrected chi connectivity index (χ2v) is 5.28. The van der Waals surface area contributed by atoms with Crippen LogP contribution in [0.25, 0.3) is 11.1 Å². The first-order valence-electron chi connectivity index (χ1n) is 6.52.